The van der Waals surface area contributed by atoms with E-state index in [1.807, 2.05) is 48.0 Å². The quantitative estimate of drug-likeness (QED) is 0.408. The smallest absolute Gasteiger partial charge is 0.233 e. The first-order chi connectivity index (χ1) is 14.0. The number of carbonyl (C=O) groups excluding carboxylic acids is 1. The van der Waals surface area contributed by atoms with Crippen molar-refractivity contribution in [2.75, 3.05) is 12.8 Å². The molecule has 0 unspecified atom stereocenters. The molecule has 0 saturated carbocycles. The van der Waals surface area contributed by atoms with E-state index in [4.69, 9.17) is 0 Å². The lowest BCUT2D eigenvalue weighted by atomic mass is 10.1. The van der Waals surface area contributed by atoms with Crippen LogP contribution in [-0.4, -0.2) is 38.4 Å². The van der Waals surface area contributed by atoms with Gasteiger partial charge in [0.15, 0.2) is 11.0 Å². The van der Waals surface area contributed by atoms with Gasteiger partial charge in [-0.15, -0.1) is 16.8 Å². The van der Waals surface area contributed by atoms with Crippen LogP contribution in [0.1, 0.15) is 16.7 Å². The highest BCUT2D eigenvalue weighted by Crippen LogP contribution is 2.24. The summed E-state index contributed by atoms with van der Waals surface area (Å²) in [6.45, 7) is 9.18. The molecule has 1 heterocycles. The molecule has 150 valence electrons. The molecule has 1 aromatic heterocycles. The zero-order chi connectivity index (χ0) is 20.8. The zero-order valence-corrected chi connectivity index (χ0v) is 17.9. The summed E-state index contributed by atoms with van der Waals surface area (Å²) in [4.78, 5) is 14.4. The van der Waals surface area contributed by atoms with E-state index in [-0.39, 0.29) is 5.91 Å². The molecule has 1 amide bonds. The molecule has 0 fully saturated rings. The predicted octanol–water partition coefficient (Wildman–Crippen LogP) is 4.50. The number of hydrogen-bond donors (Lipinski definition) is 0. The van der Waals surface area contributed by atoms with E-state index >= 15 is 0 Å². The largest absolute Gasteiger partial charge is 0.341 e. The third-order valence-electron chi connectivity index (χ3n) is 4.72. The third-order valence-corrected chi connectivity index (χ3v) is 5.67. The van der Waals surface area contributed by atoms with E-state index in [1.54, 1.807) is 4.90 Å². The van der Waals surface area contributed by atoms with Gasteiger partial charge in [-0.3, -0.25) is 9.36 Å². The molecule has 0 atom stereocenters. The molecule has 0 bridgehead atoms. The van der Waals surface area contributed by atoms with Gasteiger partial charge in [-0.25, -0.2) is 0 Å². The molecule has 0 N–H and O–H groups in total. The maximum atomic E-state index is 12.7. The molecule has 0 radical (unpaired) electrons. The molecule has 29 heavy (non-hydrogen) atoms. The predicted molar refractivity (Wildman–Crippen MR) is 119 cm³/mol. The van der Waals surface area contributed by atoms with Crippen molar-refractivity contribution in [2.24, 2.45) is 0 Å². The van der Waals surface area contributed by atoms with Crippen LogP contribution < -0.4 is 0 Å². The average molecular weight is 407 g/mol. The molecular weight excluding hydrogens is 380 g/mol. The SMILES string of the molecule is C=CCn1c(SCC(=O)N(C)Cc2ccc(C)cc2C)nnc1-c1ccccc1. The fourth-order valence-corrected chi connectivity index (χ4v) is 3.98. The summed E-state index contributed by atoms with van der Waals surface area (Å²) in [6.07, 6.45) is 1.81. The van der Waals surface area contributed by atoms with Gasteiger partial charge in [-0.1, -0.05) is 71.9 Å². The van der Waals surface area contributed by atoms with Crippen LogP contribution in [0.3, 0.4) is 0 Å². The second-order valence-electron chi connectivity index (χ2n) is 7.04. The van der Waals surface area contributed by atoms with Crippen molar-refractivity contribution in [3.05, 3.63) is 77.9 Å². The van der Waals surface area contributed by atoms with Crippen molar-refractivity contribution >= 4 is 17.7 Å². The maximum absolute atomic E-state index is 12.7. The molecule has 0 aliphatic rings. The zero-order valence-electron chi connectivity index (χ0n) is 17.1. The highest BCUT2D eigenvalue weighted by molar-refractivity contribution is 7.99. The van der Waals surface area contributed by atoms with E-state index in [9.17, 15) is 4.79 Å². The monoisotopic (exact) mass is 406 g/mol. The highest BCUT2D eigenvalue weighted by Gasteiger charge is 2.17. The number of aryl methyl sites for hydroxylation is 2. The normalized spacial score (nSPS) is 10.7. The van der Waals surface area contributed by atoms with E-state index in [1.165, 1.54) is 22.9 Å². The Morgan fingerprint density at radius 1 is 1.17 bits per heavy atom. The van der Waals surface area contributed by atoms with Crippen molar-refractivity contribution in [1.29, 1.82) is 0 Å². The molecule has 3 rings (SSSR count). The lowest BCUT2D eigenvalue weighted by Gasteiger charge is -2.18. The van der Waals surface area contributed by atoms with Crippen LogP contribution in [0.15, 0.2) is 66.3 Å². The maximum Gasteiger partial charge on any atom is 0.233 e. The summed E-state index contributed by atoms with van der Waals surface area (Å²) in [5.74, 6) is 1.15. The van der Waals surface area contributed by atoms with Gasteiger partial charge in [0.1, 0.15) is 0 Å². The van der Waals surface area contributed by atoms with Crippen molar-refractivity contribution in [3.8, 4) is 11.4 Å². The number of hydrogen-bond acceptors (Lipinski definition) is 4. The van der Waals surface area contributed by atoms with E-state index in [2.05, 4.69) is 48.8 Å². The minimum absolute atomic E-state index is 0.0596. The van der Waals surface area contributed by atoms with Gasteiger partial charge >= 0.3 is 0 Å². The van der Waals surface area contributed by atoms with Crippen LogP contribution in [0.4, 0.5) is 0 Å². The van der Waals surface area contributed by atoms with Crippen molar-refractivity contribution in [1.82, 2.24) is 19.7 Å². The van der Waals surface area contributed by atoms with Gasteiger partial charge in [-0.05, 0) is 25.0 Å². The summed E-state index contributed by atoms with van der Waals surface area (Å²) in [5.41, 5.74) is 4.59. The van der Waals surface area contributed by atoms with Crippen molar-refractivity contribution in [2.45, 2.75) is 32.1 Å². The molecular formula is C23H26N4OS. The average Bonchev–Trinajstić information content (AvgIpc) is 3.11. The van der Waals surface area contributed by atoms with Gasteiger partial charge in [-0.2, -0.15) is 0 Å². The molecule has 6 heteroatoms. The number of allylic oxidation sites excluding steroid dienone is 1. The second-order valence-corrected chi connectivity index (χ2v) is 7.98. The Bertz CT molecular complexity index is 997. The molecule has 0 aliphatic carbocycles. The fraction of sp³-hybridized carbons (Fsp3) is 0.261. The second kappa shape index (κ2) is 9.56. The van der Waals surface area contributed by atoms with Gasteiger partial charge in [0.25, 0.3) is 0 Å². The first-order valence-electron chi connectivity index (χ1n) is 9.52. The summed E-state index contributed by atoms with van der Waals surface area (Å²) in [5, 5.41) is 9.36. The van der Waals surface area contributed by atoms with Crippen molar-refractivity contribution < 1.29 is 4.79 Å². The molecule has 0 spiro atoms. The number of nitrogens with zero attached hydrogens (tertiary/aromatic N) is 4. The highest BCUT2D eigenvalue weighted by atomic mass is 32.2. The fourth-order valence-electron chi connectivity index (χ4n) is 3.09. The van der Waals surface area contributed by atoms with Crippen molar-refractivity contribution in [3.63, 3.8) is 0 Å². The Kier molecular flexibility index (Phi) is 6.88. The first-order valence-corrected chi connectivity index (χ1v) is 10.5. The van der Waals surface area contributed by atoms with Crippen LogP contribution in [0.2, 0.25) is 0 Å². The van der Waals surface area contributed by atoms with Gasteiger partial charge in [0.05, 0.1) is 5.75 Å². The number of benzene rings is 2. The molecule has 5 nitrogen and oxygen atoms in total. The third kappa shape index (κ3) is 5.15. The minimum atomic E-state index is 0.0596. The number of thioether (sulfide) groups is 1. The molecule has 3 aromatic rings. The van der Waals surface area contributed by atoms with E-state index < -0.39 is 0 Å². The lowest BCUT2D eigenvalue weighted by molar-refractivity contribution is -0.127. The van der Waals surface area contributed by atoms with Crippen LogP contribution >= 0.6 is 11.8 Å². The van der Waals surface area contributed by atoms with Crippen LogP contribution in [0, 0.1) is 13.8 Å². The summed E-state index contributed by atoms with van der Waals surface area (Å²) in [6, 6.07) is 16.2. The van der Waals surface area contributed by atoms with Gasteiger partial charge < -0.3 is 4.90 Å². The Hall–Kier alpha value is -2.86. The van der Waals surface area contributed by atoms with E-state index in [0.717, 1.165) is 22.1 Å². The first kappa shape index (κ1) is 20.9. The van der Waals surface area contributed by atoms with Gasteiger partial charge in [0.2, 0.25) is 5.91 Å². The summed E-state index contributed by atoms with van der Waals surface area (Å²) in [7, 11) is 1.84. The van der Waals surface area contributed by atoms with Crippen LogP contribution in [-0.2, 0) is 17.9 Å². The Morgan fingerprint density at radius 3 is 2.62 bits per heavy atom. The van der Waals surface area contributed by atoms with E-state index in [0.29, 0.717) is 18.8 Å². The Balaban J connectivity index is 1.68. The topological polar surface area (TPSA) is 51.0 Å². The Labute approximate surface area is 176 Å². The standard InChI is InChI=1S/C23H26N4OS/c1-5-13-27-22(19-9-7-6-8-10-19)24-25-23(27)29-16-21(28)26(4)15-20-12-11-17(2)14-18(20)3/h5-12,14H,1,13,15-16H2,2-4H3. The number of aromatic nitrogens is 3. The number of carbonyl (C=O) groups is 1. The minimum Gasteiger partial charge on any atom is -0.341 e. The lowest BCUT2D eigenvalue weighted by Crippen LogP contribution is -2.28. The van der Waals surface area contributed by atoms with Crippen LogP contribution in [0.25, 0.3) is 11.4 Å². The Morgan fingerprint density at radius 2 is 1.93 bits per heavy atom. The number of amides is 1. The molecule has 2 aromatic carbocycles. The van der Waals surface area contributed by atoms with Gasteiger partial charge in [0, 0.05) is 25.7 Å². The molecule has 0 aliphatic heterocycles. The summed E-state index contributed by atoms with van der Waals surface area (Å²) < 4.78 is 1.99. The number of rotatable bonds is 8. The van der Waals surface area contributed by atoms with Crippen LogP contribution in [0.5, 0.6) is 0 Å². The molecule has 0 saturated heterocycles. The summed E-state index contributed by atoms with van der Waals surface area (Å²) >= 11 is 1.41.